The summed E-state index contributed by atoms with van der Waals surface area (Å²) in [6.07, 6.45) is 12.5. The zero-order valence-electron chi connectivity index (χ0n) is 24.6. The SMILES string of the molecule is CCC[n+]1ccc(/C=C/c2cc3ccc(N(CC=C(C)C)CC=C(C)C)cc3c3ccccc23)c2ccccc21. The molecule has 0 radical (unpaired) electrons. The van der Waals surface area contributed by atoms with Crippen molar-refractivity contribution in [2.75, 3.05) is 18.0 Å². The molecule has 0 bridgehead atoms. The quantitative estimate of drug-likeness (QED) is 0.106. The van der Waals surface area contributed by atoms with Crippen molar-refractivity contribution >= 4 is 50.3 Å². The highest BCUT2D eigenvalue weighted by atomic mass is 15.1. The molecule has 0 N–H and O–H groups in total. The number of aromatic nitrogens is 1. The van der Waals surface area contributed by atoms with Crippen molar-refractivity contribution in [2.45, 2.75) is 47.6 Å². The molecule has 0 unspecified atom stereocenters. The third kappa shape index (κ3) is 6.02. The van der Waals surface area contributed by atoms with E-state index in [4.69, 9.17) is 0 Å². The van der Waals surface area contributed by atoms with Crippen LogP contribution in [0.15, 0.2) is 108 Å². The predicted molar refractivity (Wildman–Crippen MR) is 176 cm³/mol. The summed E-state index contributed by atoms with van der Waals surface area (Å²) in [6, 6.07) is 29.1. The van der Waals surface area contributed by atoms with E-state index in [2.05, 4.69) is 153 Å². The molecular weight excluding hydrogens is 484 g/mol. The highest BCUT2D eigenvalue weighted by Crippen LogP contribution is 2.33. The van der Waals surface area contributed by atoms with Crippen LogP contribution in [0.3, 0.4) is 0 Å². The average Bonchev–Trinajstić information content (AvgIpc) is 2.96. The number of aryl methyl sites for hydroxylation is 1. The second-order valence-corrected chi connectivity index (χ2v) is 11.2. The van der Waals surface area contributed by atoms with Crippen LogP contribution < -0.4 is 9.47 Å². The van der Waals surface area contributed by atoms with Crippen LogP contribution in [0, 0.1) is 0 Å². The summed E-state index contributed by atoms with van der Waals surface area (Å²) < 4.78 is 2.36. The maximum Gasteiger partial charge on any atom is 0.213 e. The maximum absolute atomic E-state index is 2.45. The van der Waals surface area contributed by atoms with Crippen LogP contribution in [0.4, 0.5) is 5.69 Å². The van der Waals surface area contributed by atoms with Crippen molar-refractivity contribution < 1.29 is 4.57 Å². The third-order valence-corrected chi connectivity index (χ3v) is 7.55. The van der Waals surface area contributed by atoms with Crippen LogP contribution in [-0.4, -0.2) is 13.1 Å². The molecular formula is C38H41N2+. The molecule has 2 nitrogen and oxygen atoms in total. The monoisotopic (exact) mass is 525 g/mol. The van der Waals surface area contributed by atoms with E-state index in [1.165, 1.54) is 60.4 Å². The fourth-order valence-electron chi connectivity index (χ4n) is 5.39. The number of rotatable bonds is 9. The summed E-state index contributed by atoms with van der Waals surface area (Å²) >= 11 is 0. The lowest BCUT2D eigenvalue weighted by Gasteiger charge is -2.23. The number of allylic oxidation sites excluding steroid dienone is 2. The molecule has 202 valence electrons. The Hall–Kier alpha value is -4.17. The standard InChI is InChI=1S/C38H41N2/c1-6-22-40-25-21-30(35-12-9-10-14-38(35)40)15-16-31-26-32-17-18-33(27-37(32)36-13-8-7-11-34(31)36)39(23-19-28(2)3)24-20-29(4)5/h7-21,25-27H,6,22-24H2,1-5H3/q+1. The van der Waals surface area contributed by atoms with Crippen molar-refractivity contribution in [3.63, 3.8) is 0 Å². The van der Waals surface area contributed by atoms with E-state index in [1.54, 1.807) is 0 Å². The fraction of sp³-hybridized carbons (Fsp3) is 0.237. The summed E-state index contributed by atoms with van der Waals surface area (Å²) in [5, 5.41) is 6.44. The third-order valence-electron chi connectivity index (χ3n) is 7.55. The van der Waals surface area contributed by atoms with Gasteiger partial charge in [0.05, 0.1) is 5.39 Å². The largest absolute Gasteiger partial charge is 0.364 e. The van der Waals surface area contributed by atoms with Crippen molar-refractivity contribution in [1.82, 2.24) is 0 Å². The normalized spacial score (nSPS) is 11.4. The molecule has 0 aliphatic carbocycles. The van der Waals surface area contributed by atoms with Gasteiger partial charge >= 0.3 is 0 Å². The maximum atomic E-state index is 2.45. The Morgan fingerprint density at radius 2 is 1.32 bits per heavy atom. The Kier molecular flexibility index (Phi) is 8.45. The Morgan fingerprint density at radius 1 is 0.675 bits per heavy atom. The lowest BCUT2D eigenvalue weighted by Crippen LogP contribution is -2.33. The lowest BCUT2D eigenvalue weighted by atomic mass is 9.96. The summed E-state index contributed by atoms with van der Waals surface area (Å²) in [4.78, 5) is 2.45. The number of nitrogens with zero attached hydrogens (tertiary/aromatic N) is 2. The summed E-state index contributed by atoms with van der Waals surface area (Å²) in [5.74, 6) is 0. The number of para-hydroxylation sites is 1. The van der Waals surface area contributed by atoms with Crippen LogP contribution in [-0.2, 0) is 6.54 Å². The van der Waals surface area contributed by atoms with Gasteiger partial charge in [0.25, 0.3) is 0 Å². The molecule has 0 aliphatic heterocycles. The van der Waals surface area contributed by atoms with Crippen LogP contribution in [0.2, 0.25) is 0 Å². The molecule has 5 aromatic rings. The molecule has 0 saturated heterocycles. The van der Waals surface area contributed by atoms with E-state index in [0.717, 1.165) is 26.1 Å². The number of hydrogen-bond donors (Lipinski definition) is 0. The zero-order chi connectivity index (χ0) is 28.1. The van der Waals surface area contributed by atoms with Gasteiger partial charge in [-0.05, 0) is 84.6 Å². The van der Waals surface area contributed by atoms with Crippen molar-refractivity contribution in [2.24, 2.45) is 0 Å². The molecule has 1 aromatic heterocycles. The predicted octanol–water partition coefficient (Wildman–Crippen LogP) is 9.75. The van der Waals surface area contributed by atoms with Crippen molar-refractivity contribution in [1.29, 1.82) is 0 Å². The molecule has 0 aliphatic rings. The minimum atomic E-state index is 0.902. The van der Waals surface area contributed by atoms with Gasteiger partial charge in [0, 0.05) is 37.3 Å². The number of benzene rings is 4. The van der Waals surface area contributed by atoms with E-state index < -0.39 is 0 Å². The van der Waals surface area contributed by atoms with Gasteiger partial charge in [0.1, 0.15) is 6.54 Å². The minimum Gasteiger partial charge on any atom is -0.364 e. The van der Waals surface area contributed by atoms with E-state index in [-0.39, 0.29) is 0 Å². The molecule has 2 heteroatoms. The Bertz CT molecular complexity index is 1720. The Labute approximate surface area is 239 Å². The van der Waals surface area contributed by atoms with Crippen molar-refractivity contribution in [3.8, 4) is 0 Å². The Balaban J connectivity index is 1.58. The van der Waals surface area contributed by atoms with Crippen LogP contribution in [0.1, 0.15) is 52.2 Å². The highest BCUT2D eigenvalue weighted by Gasteiger charge is 2.12. The topological polar surface area (TPSA) is 7.12 Å². The number of hydrogen-bond acceptors (Lipinski definition) is 1. The first-order valence-electron chi connectivity index (χ1n) is 14.5. The number of anilines is 1. The van der Waals surface area contributed by atoms with Gasteiger partial charge in [-0.15, -0.1) is 0 Å². The molecule has 40 heavy (non-hydrogen) atoms. The van der Waals surface area contributed by atoms with E-state index in [9.17, 15) is 0 Å². The first kappa shape index (κ1) is 27.4. The molecule has 0 atom stereocenters. The average molecular weight is 526 g/mol. The summed E-state index contributed by atoms with van der Waals surface area (Å²) in [7, 11) is 0. The van der Waals surface area contributed by atoms with E-state index >= 15 is 0 Å². The molecule has 5 rings (SSSR count). The Morgan fingerprint density at radius 3 is 2.02 bits per heavy atom. The van der Waals surface area contributed by atoms with Gasteiger partial charge in [0.15, 0.2) is 6.20 Å². The smallest absolute Gasteiger partial charge is 0.213 e. The minimum absolute atomic E-state index is 0.902. The van der Waals surface area contributed by atoms with Crippen molar-refractivity contribution in [3.05, 3.63) is 119 Å². The number of fused-ring (bicyclic) bond motifs is 4. The number of pyridine rings is 1. The fourth-order valence-corrected chi connectivity index (χ4v) is 5.39. The molecule has 0 spiro atoms. The molecule has 0 saturated carbocycles. The molecule has 0 fully saturated rings. The molecule has 0 amide bonds. The van der Waals surface area contributed by atoms with Crippen LogP contribution >= 0.6 is 0 Å². The van der Waals surface area contributed by atoms with Gasteiger partial charge in [-0.2, -0.15) is 4.57 Å². The van der Waals surface area contributed by atoms with Gasteiger partial charge in [-0.1, -0.05) is 84.8 Å². The zero-order valence-corrected chi connectivity index (χ0v) is 24.6. The second kappa shape index (κ2) is 12.3. The van der Waals surface area contributed by atoms with Gasteiger partial charge in [-0.25, -0.2) is 0 Å². The first-order valence-corrected chi connectivity index (χ1v) is 14.5. The van der Waals surface area contributed by atoms with Crippen LogP contribution in [0.25, 0.3) is 44.6 Å². The second-order valence-electron chi connectivity index (χ2n) is 11.2. The molecule has 1 heterocycles. The summed E-state index contributed by atoms with van der Waals surface area (Å²) in [6.45, 7) is 13.7. The van der Waals surface area contributed by atoms with E-state index in [0.29, 0.717) is 0 Å². The van der Waals surface area contributed by atoms with Gasteiger partial charge in [0.2, 0.25) is 5.52 Å². The molecule has 4 aromatic carbocycles. The van der Waals surface area contributed by atoms with E-state index in [1.807, 2.05) is 0 Å². The highest BCUT2D eigenvalue weighted by molar-refractivity contribution is 6.12. The van der Waals surface area contributed by atoms with Gasteiger partial charge in [-0.3, -0.25) is 0 Å². The van der Waals surface area contributed by atoms with Crippen LogP contribution in [0.5, 0.6) is 0 Å². The lowest BCUT2D eigenvalue weighted by molar-refractivity contribution is -0.671. The first-order chi connectivity index (χ1) is 19.4. The summed E-state index contributed by atoms with van der Waals surface area (Å²) in [5.41, 5.74) is 7.72. The van der Waals surface area contributed by atoms with Gasteiger partial charge < -0.3 is 4.90 Å².